The van der Waals surface area contributed by atoms with Crippen LogP contribution in [0, 0.1) is 5.92 Å². The summed E-state index contributed by atoms with van der Waals surface area (Å²) in [6.07, 6.45) is 4.03. The lowest BCUT2D eigenvalue weighted by Gasteiger charge is -2.13. The van der Waals surface area contributed by atoms with E-state index in [0.29, 0.717) is 5.92 Å². The van der Waals surface area contributed by atoms with Gasteiger partial charge in [0.05, 0.1) is 11.4 Å². The van der Waals surface area contributed by atoms with Crippen molar-refractivity contribution < 1.29 is 8.95 Å². The number of rotatable bonds is 7. The van der Waals surface area contributed by atoms with Crippen molar-refractivity contribution >= 4 is 17.2 Å². The molecule has 3 nitrogen and oxygen atoms in total. The summed E-state index contributed by atoms with van der Waals surface area (Å²) in [5.74, 6) is 1.44. The summed E-state index contributed by atoms with van der Waals surface area (Å²) in [6, 6.07) is 7.73. The van der Waals surface area contributed by atoms with Gasteiger partial charge in [-0.25, -0.2) is 4.21 Å². The molecule has 1 aromatic rings. The number of nitrogens with zero attached hydrogens (tertiary/aromatic N) is 1. The maximum Gasteiger partial charge on any atom is 0.144 e. The van der Waals surface area contributed by atoms with Crippen molar-refractivity contribution in [3.63, 3.8) is 0 Å². The molecule has 0 bridgehead atoms. The van der Waals surface area contributed by atoms with E-state index in [9.17, 15) is 4.21 Å². The molecule has 21 heavy (non-hydrogen) atoms. The lowest BCUT2D eigenvalue weighted by atomic mass is 10.1. The highest BCUT2D eigenvalue weighted by atomic mass is 32.2. The fourth-order valence-electron chi connectivity index (χ4n) is 1.73. The molecule has 1 aromatic carbocycles. The van der Waals surface area contributed by atoms with Gasteiger partial charge in [0, 0.05) is 6.21 Å². The Morgan fingerprint density at radius 3 is 2.43 bits per heavy atom. The number of hydrogen-bond donors (Lipinski definition) is 0. The third kappa shape index (κ3) is 6.89. The van der Waals surface area contributed by atoms with E-state index in [1.54, 1.807) is 6.21 Å². The second-order valence-corrected chi connectivity index (χ2v) is 8.30. The van der Waals surface area contributed by atoms with Crippen molar-refractivity contribution in [1.82, 2.24) is 0 Å². The third-order valence-corrected chi connectivity index (χ3v) is 4.36. The first-order valence-corrected chi connectivity index (χ1v) is 8.62. The van der Waals surface area contributed by atoms with Gasteiger partial charge in [-0.2, -0.15) is 4.40 Å². The molecule has 0 heterocycles. The Bertz CT molecular complexity index is 475. The fourth-order valence-corrected chi connectivity index (χ4v) is 2.27. The van der Waals surface area contributed by atoms with Crippen molar-refractivity contribution in [2.24, 2.45) is 10.3 Å². The van der Waals surface area contributed by atoms with Gasteiger partial charge in [0.15, 0.2) is 0 Å². The van der Waals surface area contributed by atoms with Gasteiger partial charge in [-0.1, -0.05) is 20.3 Å². The second kappa shape index (κ2) is 8.32. The monoisotopic (exact) mass is 309 g/mol. The van der Waals surface area contributed by atoms with Gasteiger partial charge in [-0.3, -0.25) is 0 Å². The standard InChI is InChI=1S/C17H27NO2S/c1-6-7-14(2)13-20-16-10-8-15(9-11-16)12-18-21(19)17(3,4)5/h8-12,14H,6-7,13H2,1-5H3/b18-12+/t14?,21-/m0/s1. The van der Waals surface area contributed by atoms with Gasteiger partial charge in [0.1, 0.15) is 16.7 Å². The summed E-state index contributed by atoms with van der Waals surface area (Å²) >= 11 is 0. The Hall–Kier alpha value is -1.16. The van der Waals surface area contributed by atoms with Gasteiger partial charge < -0.3 is 4.74 Å². The normalized spacial score (nSPS) is 15.1. The van der Waals surface area contributed by atoms with Crippen molar-refractivity contribution in [2.45, 2.75) is 52.2 Å². The van der Waals surface area contributed by atoms with E-state index in [2.05, 4.69) is 18.2 Å². The van der Waals surface area contributed by atoms with Gasteiger partial charge in [-0.15, -0.1) is 0 Å². The van der Waals surface area contributed by atoms with Crippen molar-refractivity contribution in [3.8, 4) is 5.75 Å². The third-order valence-electron chi connectivity index (χ3n) is 3.02. The molecular weight excluding hydrogens is 282 g/mol. The van der Waals surface area contributed by atoms with E-state index in [1.807, 2.05) is 45.0 Å². The molecule has 0 saturated carbocycles. The molecule has 0 fully saturated rings. The SMILES string of the molecule is CCCC(C)COc1ccc(/C=N/[S@@](=O)C(C)(C)C)cc1. The summed E-state index contributed by atoms with van der Waals surface area (Å²) in [7, 11) is -1.22. The predicted molar refractivity (Wildman–Crippen MR) is 91.5 cm³/mol. The van der Waals surface area contributed by atoms with Crippen molar-refractivity contribution in [1.29, 1.82) is 0 Å². The molecule has 1 rings (SSSR count). The summed E-state index contributed by atoms with van der Waals surface area (Å²) < 4.78 is 21.4. The Morgan fingerprint density at radius 1 is 1.29 bits per heavy atom. The van der Waals surface area contributed by atoms with E-state index >= 15 is 0 Å². The molecule has 0 aliphatic rings. The molecule has 2 atom stereocenters. The average Bonchev–Trinajstić information content (AvgIpc) is 2.43. The van der Waals surface area contributed by atoms with Gasteiger partial charge in [-0.05, 0) is 62.9 Å². The largest absolute Gasteiger partial charge is 0.493 e. The molecule has 1 unspecified atom stereocenters. The van der Waals surface area contributed by atoms with E-state index in [0.717, 1.165) is 17.9 Å². The lowest BCUT2D eigenvalue weighted by Crippen LogP contribution is -2.19. The Balaban J connectivity index is 2.54. The minimum atomic E-state index is -1.22. The molecule has 0 aromatic heterocycles. The van der Waals surface area contributed by atoms with Crippen LogP contribution in [-0.4, -0.2) is 21.8 Å². The zero-order valence-electron chi connectivity index (χ0n) is 13.8. The van der Waals surface area contributed by atoms with Crippen molar-refractivity contribution in [3.05, 3.63) is 29.8 Å². The topological polar surface area (TPSA) is 38.7 Å². The summed E-state index contributed by atoms with van der Waals surface area (Å²) in [5, 5.41) is 0. The second-order valence-electron chi connectivity index (χ2n) is 6.37. The predicted octanol–water partition coefficient (Wildman–Crippen LogP) is 4.38. The van der Waals surface area contributed by atoms with Crippen LogP contribution in [0.1, 0.15) is 53.0 Å². The van der Waals surface area contributed by atoms with E-state index < -0.39 is 11.0 Å². The Morgan fingerprint density at radius 2 is 1.90 bits per heavy atom. The number of benzene rings is 1. The highest BCUT2D eigenvalue weighted by molar-refractivity contribution is 7.85. The molecule has 0 aliphatic heterocycles. The van der Waals surface area contributed by atoms with Gasteiger partial charge >= 0.3 is 0 Å². The first-order valence-electron chi connectivity index (χ1n) is 7.52. The van der Waals surface area contributed by atoms with Crippen LogP contribution in [0.5, 0.6) is 5.75 Å². The minimum Gasteiger partial charge on any atom is -0.493 e. The molecule has 0 saturated heterocycles. The first kappa shape index (κ1) is 17.9. The van der Waals surface area contributed by atoms with Crippen LogP contribution in [0.15, 0.2) is 28.7 Å². The zero-order valence-corrected chi connectivity index (χ0v) is 14.6. The van der Waals surface area contributed by atoms with E-state index in [1.165, 1.54) is 12.8 Å². The average molecular weight is 309 g/mol. The zero-order chi connectivity index (χ0) is 15.9. The van der Waals surface area contributed by atoms with Crippen LogP contribution in [0.2, 0.25) is 0 Å². The lowest BCUT2D eigenvalue weighted by molar-refractivity contribution is 0.251. The maximum atomic E-state index is 11.8. The van der Waals surface area contributed by atoms with Crippen LogP contribution in [0.25, 0.3) is 0 Å². The Labute approximate surface area is 131 Å². The highest BCUT2D eigenvalue weighted by Crippen LogP contribution is 2.15. The Kier molecular flexibility index (Phi) is 7.09. The van der Waals surface area contributed by atoms with E-state index in [4.69, 9.17) is 4.74 Å². The smallest absolute Gasteiger partial charge is 0.144 e. The minimum absolute atomic E-state index is 0.324. The fraction of sp³-hybridized carbons (Fsp3) is 0.588. The molecule has 0 amide bonds. The molecule has 0 radical (unpaired) electrons. The summed E-state index contributed by atoms with van der Waals surface area (Å²) in [4.78, 5) is 0. The van der Waals surface area contributed by atoms with Crippen LogP contribution in [0.3, 0.4) is 0 Å². The molecule has 0 spiro atoms. The van der Waals surface area contributed by atoms with E-state index in [-0.39, 0.29) is 4.75 Å². The van der Waals surface area contributed by atoms with Gasteiger partial charge in [0.25, 0.3) is 0 Å². The molecule has 0 N–H and O–H groups in total. The highest BCUT2D eigenvalue weighted by Gasteiger charge is 2.18. The van der Waals surface area contributed by atoms with Crippen LogP contribution < -0.4 is 4.74 Å². The number of hydrogen-bond acceptors (Lipinski definition) is 2. The molecule has 4 heteroatoms. The summed E-state index contributed by atoms with van der Waals surface area (Å²) in [5.41, 5.74) is 0.932. The van der Waals surface area contributed by atoms with Crippen molar-refractivity contribution in [2.75, 3.05) is 6.61 Å². The van der Waals surface area contributed by atoms with Gasteiger partial charge in [0.2, 0.25) is 0 Å². The number of ether oxygens (including phenoxy) is 1. The van der Waals surface area contributed by atoms with Crippen LogP contribution in [-0.2, 0) is 11.0 Å². The summed E-state index contributed by atoms with van der Waals surface area (Å²) in [6.45, 7) is 10.9. The van der Waals surface area contributed by atoms with Crippen LogP contribution >= 0.6 is 0 Å². The van der Waals surface area contributed by atoms with Crippen LogP contribution in [0.4, 0.5) is 0 Å². The molecular formula is C17H27NO2S. The first-order chi connectivity index (χ1) is 9.82. The maximum absolute atomic E-state index is 11.8. The quantitative estimate of drug-likeness (QED) is 0.701. The molecule has 0 aliphatic carbocycles. The molecule has 118 valence electrons.